The number of ether oxygens (including phenoxy) is 1. The summed E-state index contributed by atoms with van der Waals surface area (Å²) < 4.78 is 5.50. The average molecular weight is 1110 g/mol. The molecule has 1 amide bonds. The van der Waals surface area contributed by atoms with E-state index in [2.05, 4.69) is 43.5 Å². The highest BCUT2D eigenvalue weighted by atomic mass is 16.5. The minimum absolute atomic E-state index is 0.0123. The smallest absolute Gasteiger partial charge is 0.305 e. The third-order valence-electron chi connectivity index (χ3n) is 17.0. The van der Waals surface area contributed by atoms with E-state index in [0.29, 0.717) is 25.9 Å². The maximum Gasteiger partial charge on any atom is 0.305 e. The molecule has 0 fully saturated rings. The van der Waals surface area contributed by atoms with E-state index in [-0.39, 0.29) is 18.5 Å². The number of aliphatic hydroxyl groups excluding tert-OH is 2. The minimum Gasteiger partial charge on any atom is -0.466 e. The molecular weight excluding hydrogens is 971 g/mol. The van der Waals surface area contributed by atoms with Gasteiger partial charge in [0.2, 0.25) is 5.91 Å². The summed E-state index contributed by atoms with van der Waals surface area (Å²) in [6, 6.07) is -0.543. The monoisotopic (exact) mass is 1110 g/mol. The molecule has 2 atom stereocenters. The van der Waals surface area contributed by atoms with Crippen LogP contribution in [-0.4, -0.2) is 47.4 Å². The molecular formula is C73H141NO5. The first-order valence-electron chi connectivity index (χ1n) is 36.1. The van der Waals surface area contributed by atoms with E-state index in [0.717, 1.165) is 44.9 Å². The predicted molar refractivity (Wildman–Crippen MR) is 347 cm³/mol. The Labute approximate surface area is 494 Å². The number of carbonyl (C=O) groups excluding carboxylic acids is 2. The second kappa shape index (κ2) is 68.8. The number of nitrogens with one attached hydrogen (secondary N) is 1. The van der Waals surface area contributed by atoms with Gasteiger partial charge in [-0.25, -0.2) is 0 Å². The van der Waals surface area contributed by atoms with Crippen molar-refractivity contribution in [1.29, 1.82) is 0 Å². The number of rotatable bonds is 68. The molecule has 0 heterocycles. The van der Waals surface area contributed by atoms with Crippen LogP contribution in [0.4, 0.5) is 0 Å². The van der Waals surface area contributed by atoms with Gasteiger partial charge in [-0.05, 0) is 77.0 Å². The lowest BCUT2D eigenvalue weighted by atomic mass is 10.0. The van der Waals surface area contributed by atoms with Gasteiger partial charge in [0.25, 0.3) is 0 Å². The van der Waals surface area contributed by atoms with E-state index >= 15 is 0 Å². The number of hydrogen-bond donors (Lipinski definition) is 3. The highest BCUT2D eigenvalue weighted by Gasteiger charge is 2.20. The number of allylic oxidation sites excluding steroid dienone is 4. The number of hydrogen-bond acceptors (Lipinski definition) is 5. The summed E-state index contributed by atoms with van der Waals surface area (Å²) in [6.07, 6.45) is 86.6. The third kappa shape index (κ3) is 65.4. The number of carbonyl (C=O) groups is 2. The molecule has 6 heteroatoms. The van der Waals surface area contributed by atoms with Crippen LogP contribution in [-0.2, 0) is 14.3 Å². The van der Waals surface area contributed by atoms with Crippen LogP contribution >= 0.6 is 0 Å². The molecule has 79 heavy (non-hydrogen) atoms. The van der Waals surface area contributed by atoms with Gasteiger partial charge in [-0.15, -0.1) is 0 Å². The van der Waals surface area contributed by atoms with Gasteiger partial charge in [-0.1, -0.05) is 340 Å². The lowest BCUT2D eigenvalue weighted by molar-refractivity contribution is -0.143. The molecule has 0 aliphatic heterocycles. The summed E-state index contributed by atoms with van der Waals surface area (Å²) in [4.78, 5) is 24.6. The third-order valence-corrected chi connectivity index (χ3v) is 17.0. The minimum atomic E-state index is -0.666. The fourth-order valence-electron chi connectivity index (χ4n) is 11.5. The summed E-state index contributed by atoms with van der Waals surface area (Å²) >= 11 is 0. The standard InChI is InChI=1S/C73H141NO5/c1-3-5-7-9-11-13-15-17-19-21-33-37-41-45-49-53-57-61-65-71(76)70(69-75)74-72(77)66-62-58-54-50-46-42-38-34-31-29-27-25-23-24-26-28-30-32-36-40-44-48-52-56-60-64-68-79-73(78)67-63-59-55-51-47-43-39-35-22-20-18-16-14-12-10-8-6-4-2/h20,22-23,25,70-71,75-76H,3-19,21,24,26-69H2,1-2H3,(H,74,77)/b22-20-,25-23-. The van der Waals surface area contributed by atoms with Crippen molar-refractivity contribution >= 4 is 11.9 Å². The first-order valence-corrected chi connectivity index (χ1v) is 36.1. The normalized spacial score (nSPS) is 12.6. The van der Waals surface area contributed by atoms with E-state index in [4.69, 9.17) is 4.74 Å². The molecule has 2 unspecified atom stereocenters. The van der Waals surface area contributed by atoms with Crippen LogP contribution in [0.15, 0.2) is 24.3 Å². The molecule has 3 N–H and O–H groups in total. The highest BCUT2D eigenvalue weighted by Crippen LogP contribution is 2.19. The molecule has 6 nitrogen and oxygen atoms in total. The Morgan fingerprint density at radius 1 is 0.342 bits per heavy atom. The van der Waals surface area contributed by atoms with E-state index in [9.17, 15) is 19.8 Å². The highest BCUT2D eigenvalue weighted by molar-refractivity contribution is 5.76. The van der Waals surface area contributed by atoms with Crippen LogP contribution in [0.2, 0.25) is 0 Å². The van der Waals surface area contributed by atoms with Crippen molar-refractivity contribution in [3.8, 4) is 0 Å². The first kappa shape index (κ1) is 77.3. The Morgan fingerprint density at radius 2 is 0.595 bits per heavy atom. The molecule has 0 aromatic heterocycles. The lowest BCUT2D eigenvalue weighted by Gasteiger charge is -2.22. The van der Waals surface area contributed by atoms with Crippen LogP contribution in [0, 0.1) is 0 Å². The van der Waals surface area contributed by atoms with Crippen molar-refractivity contribution in [2.24, 2.45) is 0 Å². The molecule has 0 radical (unpaired) electrons. The molecule has 0 saturated carbocycles. The van der Waals surface area contributed by atoms with Crippen molar-refractivity contribution in [3.05, 3.63) is 24.3 Å². The summed E-state index contributed by atoms with van der Waals surface area (Å²) in [7, 11) is 0. The van der Waals surface area contributed by atoms with Crippen molar-refractivity contribution in [3.63, 3.8) is 0 Å². The van der Waals surface area contributed by atoms with Crippen LogP contribution in [0.3, 0.4) is 0 Å². The molecule has 0 saturated heterocycles. The van der Waals surface area contributed by atoms with Gasteiger partial charge in [0, 0.05) is 12.8 Å². The zero-order chi connectivity index (χ0) is 57.1. The van der Waals surface area contributed by atoms with Crippen molar-refractivity contribution in [2.45, 2.75) is 418 Å². The second-order valence-electron chi connectivity index (χ2n) is 24.9. The molecule has 0 aliphatic rings. The molecule has 0 aliphatic carbocycles. The quantitative estimate of drug-likeness (QED) is 0.0320. The zero-order valence-electron chi connectivity index (χ0n) is 53.6. The van der Waals surface area contributed by atoms with Crippen LogP contribution in [0.5, 0.6) is 0 Å². The summed E-state index contributed by atoms with van der Waals surface area (Å²) in [6.45, 7) is 4.99. The topological polar surface area (TPSA) is 95.9 Å². The van der Waals surface area contributed by atoms with Gasteiger partial charge in [-0.3, -0.25) is 9.59 Å². The van der Waals surface area contributed by atoms with Crippen LogP contribution in [0.1, 0.15) is 406 Å². The van der Waals surface area contributed by atoms with E-state index in [1.54, 1.807) is 0 Å². The Balaban J connectivity index is 3.38. The van der Waals surface area contributed by atoms with Crippen molar-refractivity contribution < 1.29 is 24.5 Å². The van der Waals surface area contributed by atoms with Crippen LogP contribution < -0.4 is 5.32 Å². The SMILES string of the molecule is CCCCCCCCC/C=C\CCCCCCCCCC(=O)OCCCCCCCCCCCCCC/C=C\CCCCCCCCCCCCC(=O)NC(CO)C(O)CCCCCCCCCCCCCCCCCCCC. The summed E-state index contributed by atoms with van der Waals surface area (Å²) in [5.41, 5.74) is 0. The second-order valence-corrected chi connectivity index (χ2v) is 24.9. The van der Waals surface area contributed by atoms with Crippen LogP contribution in [0.25, 0.3) is 0 Å². The lowest BCUT2D eigenvalue weighted by Crippen LogP contribution is -2.45. The van der Waals surface area contributed by atoms with Gasteiger partial charge in [0.05, 0.1) is 25.4 Å². The van der Waals surface area contributed by atoms with Gasteiger partial charge < -0.3 is 20.3 Å². The van der Waals surface area contributed by atoms with E-state index < -0.39 is 12.1 Å². The number of aliphatic hydroxyl groups is 2. The van der Waals surface area contributed by atoms with Gasteiger partial charge in [0.1, 0.15) is 0 Å². The maximum atomic E-state index is 12.5. The number of unbranched alkanes of at least 4 members (excludes halogenated alkanes) is 53. The molecule has 0 rings (SSSR count). The predicted octanol–water partition coefficient (Wildman–Crippen LogP) is 23.3. The Kier molecular flexibility index (Phi) is 67.4. The number of esters is 1. The molecule has 0 bridgehead atoms. The molecule has 0 spiro atoms. The fraction of sp³-hybridized carbons (Fsp3) is 0.918. The summed E-state index contributed by atoms with van der Waals surface area (Å²) in [5.74, 6) is -0.0207. The molecule has 0 aromatic rings. The summed E-state index contributed by atoms with van der Waals surface area (Å²) in [5, 5.41) is 23.4. The van der Waals surface area contributed by atoms with E-state index in [1.807, 2.05) is 0 Å². The van der Waals surface area contributed by atoms with Crippen molar-refractivity contribution in [1.82, 2.24) is 5.32 Å². The largest absolute Gasteiger partial charge is 0.466 e. The zero-order valence-corrected chi connectivity index (χ0v) is 53.6. The first-order chi connectivity index (χ1) is 39.0. The van der Waals surface area contributed by atoms with E-state index in [1.165, 1.54) is 327 Å². The van der Waals surface area contributed by atoms with Gasteiger partial charge >= 0.3 is 5.97 Å². The Bertz CT molecular complexity index is 1230. The fourth-order valence-corrected chi connectivity index (χ4v) is 11.5. The van der Waals surface area contributed by atoms with Gasteiger partial charge in [-0.2, -0.15) is 0 Å². The Morgan fingerprint density at radius 3 is 0.899 bits per heavy atom. The van der Waals surface area contributed by atoms with Crippen molar-refractivity contribution in [2.75, 3.05) is 13.2 Å². The average Bonchev–Trinajstić information content (AvgIpc) is 3.45. The Hall–Kier alpha value is -1.66. The molecule has 0 aromatic carbocycles. The van der Waals surface area contributed by atoms with Gasteiger partial charge in [0.15, 0.2) is 0 Å². The number of amides is 1. The maximum absolute atomic E-state index is 12.5. The molecule has 468 valence electrons.